The van der Waals surface area contributed by atoms with Crippen LogP contribution in [0.25, 0.3) is 0 Å². The SMILES string of the molecule is Cn1nc(C2CC2)nc1C(=O)O. The Morgan fingerprint density at radius 1 is 1.67 bits per heavy atom. The molecule has 1 aromatic rings. The monoisotopic (exact) mass is 167 g/mol. The summed E-state index contributed by atoms with van der Waals surface area (Å²) in [5.41, 5.74) is 0. The third-order valence-electron chi connectivity index (χ3n) is 1.91. The summed E-state index contributed by atoms with van der Waals surface area (Å²) in [6.45, 7) is 0. The van der Waals surface area contributed by atoms with Crippen LogP contribution in [0, 0.1) is 0 Å². The lowest BCUT2D eigenvalue weighted by atomic mass is 10.4. The minimum atomic E-state index is -1.02. The Kier molecular flexibility index (Phi) is 1.39. The molecule has 1 aliphatic rings. The fourth-order valence-corrected chi connectivity index (χ4v) is 1.10. The number of carboxylic acids is 1. The predicted molar refractivity (Wildman–Crippen MR) is 39.9 cm³/mol. The molecule has 0 spiro atoms. The molecule has 5 nitrogen and oxygen atoms in total. The van der Waals surface area contributed by atoms with Crippen LogP contribution in [-0.2, 0) is 7.05 Å². The van der Waals surface area contributed by atoms with Gasteiger partial charge in [-0.25, -0.2) is 14.5 Å². The molecule has 0 unspecified atom stereocenters. The minimum Gasteiger partial charge on any atom is -0.475 e. The molecular formula is C7H9N3O2. The van der Waals surface area contributed by atoms with Crippen molar-refractivity contribution < 1.29 is 9.90 Å². The molecule has 0 amide bonds. The molecule has 0 aromatic carbocycles. The van der Waals surface area contributed by atoms with Gasteiger partial charge in [-0.1, -0.05) is 0 Å². The highest BCUT2D eigenvalue weighted by Crippen LogP contribution is 2.37. The van der Waals surface area contributed by atoms with Crippen LogP contribution in [0.2, 0.25) is 0 Å². The number of hydrogen-bond acceptors (Lipinski definition) is 3. The molecule has 64 valence electrons. The van der Waals surface area contributed by atoms with Crippen LogP contribution in [0.5, 0.6) is 0 Å². The number of aryl methyl sites for hydroxylation is 1. The first-order valence-corrected chi connectivity index (χ1v) is 3.82. The molecule has 5 heteroatoms. The molecule has 12 heavy (non-hydrogen) atoms. The van der Waals surface area contributed by atoms with Crippen LogP contribution in [-0.4, -0.2) is 25.8 Å². The highest BCUT2D eigenvalue weighted by Gasteiger charge is 2.29. The number of nitrogens with zero attached hydrogens (tertiary/aromatic N) is 3. The smallest absolute Gasteiger partial charge is 0.373 e. The van der Waals surface area contributed by atoms with E-state index >= 15 is 0 Å². The van der Waals surface area contributed by atoms with Gasteiger partial charge in [0.15, 0.2) is 5.82 Å². The lowest BCUT2D eigenvalue weighted by molar-refractivity contribution is 0.0678. The predicted octanol–water partition coefficient (Wildman–Crippen LogP) is 0.391. The molecule has 1 fully saturated rings. The van der Waals surface area contributed by atoms with E-state index in [0.717, 1.165) is 12.8 Å². The first kappa shape index (κ1) is 7.27. The van der Waals surface area contributed by atoms with E-state index in [0.29, 0.717) is 11.7 Å². The van der Waals surface area contributed by atoms with Crippen LogP contribution in [0.15, 0.2) is 0 Å². The molecule has 1 N–H and O–H groups in total. The average molecular weight is 167 g/mol. The molecular weight excluding hydrogens is 158 g/mol. The second-order valence-corrected chi connectivity index (χ2v) is 3.00. The third-order valence-corrected chi connectivity index (χ3v) is 1.91. The zero-order valence-corrected chi connectivity index (χ0v) is 6.69. The van der Waals surface area contributed by atoms with Gasteiger partial charge in [-0.05, 0) is 12.8 Å². The van der Waals surface area contributed by atoms with E-state index in [9.17, 15) is 4.79 Å². The zero-order chi connectivity index (χ0) is 8.72. The molecule has 0 radical (unpaired) electrons. The topological polar surface area (TPSA) is 68.0 Å². The minimum absolute atomic E-state index is 0.0249. The van der Waals surface area contributed by atoms with E-state index in [4.69, 9.17) is 5.11 Å². The van der Waals surface area contributed by atoms with Crippen LogP contribution in [0.4, 0.5) is 0 Å². The quantitative estimate of drug-likeness (QED) is 0.691. The summed E-state index contributed by atoms with van der Waals surface area (Å²) in [5.74, 6) is 0.0907. The number of carboxylic acid groups (broad SMARTS) is 1. The molecule has 0 aliphatic heterocycles. The van der Waals surface area contributed by atoms with E-state index < -0.39 is 5.97 Å². The van der Waals surface area contributed by atoms with E-state index in [-0.39, 0.29) is 5.82 Å². The Morgan fingerprint density at radius 2 is 2.33 bits per heavy atom. The van der Waals surface area contributed by atoms with E-state index in [1.54, 1.807) is 7.05 Å². The largest absolute Gasteiger partial charge is 0.475 e. The summed E-state index contributed by atoms with van der Waals surface area (Å²) in [5, 5.41) is 12.7. The maximum absolute atomic E-state index is 10.6. The maximum Gasteiger partial charge on any atom is 0.373 e. The summed E-state index contributed by atoms with van der Waals surface area (Å²) in [4.78, 5) is 14.5. The normalized spacial score (nSPS) is 16.4. The van der Waals surface area contributed by atoms with Crippen molar-refractivity contribution in [3.05, 3.63) is 11.6 Å². The number of aromatic nitrogens is 3. The van der Waals surface area contributed by atoms with E-state index in [2.05, 4.69) is 10.1 Å². The second-order valence-electron chi connectivity index (χ2n) is 3.00. The van der Waals surface area contributed by atoms with E-state index in [1.807, 2.05) is 0 Å². The van der Waals surface area contributed by atoms with Gasteiger partial charge >= 0.3 is 5.97 Å². The fraction of sp³-hybridized carbons (Fsp3) is 0.571. The van der Waals surface area contributed by atoms with Crippen molar-refractivity contribution in [2.24, 2.45) is 7.05 Å². The molecule has 0 saturated heterocycles. The van der Waals surface area contributed by atoms with Crippen molar-refractivity contribution in [2.75, 3.05) is 0 Å². The molecule has 2 rings (SSSR count). The Morgan fingerprint density at radius 3 is 2.75 bits per heavy atom. The lowest BCUT2D eigenvalue weighted by Gasteiger charge is -1.88. The summed E-state index contributed by atoms with van der Waals surface area (Å²) < 4.78 is 1.32. The number of carbonyl (C=O) groups is 1. The molecule has 1 aliphatic carbocycles. The summed E-state index contributed by atoms with van der Waals surface area (Å²) in [7, 11) is 1.60. The van der Waals surface area contributed by atoms with Gasteiger partial charge in [-0.3, -0.25) is 0 Å². The maximum atomic E-state index is 10.6. The van der Waals surface area contributed by atoms with Gasteiger partial charge in [0.2, 0.25) is 5.82 Å². The molecule has 1 saturated carbocycles. The van der Waals surface area contributed by atoms with Crippen molar-refractivity contribution in [3.63, 3.8) is 0 Å². The summed E-state index contributed by atoms with van der Waals surface area (Å²) in [6.07, 6.45) is 2.17. The standard InChI is InChI=1S/C7H9N3O2/c1-10-6(7(11)12)8-5(9-10)4-2-3-4/h4H,2-3H2,1H3,(H,11,12). The van der Waals surface area contributed by atoms with Gasteiger partial charge in [0.25, 0.3) is 0 Å². The van der Waals surface area contributed by atoms with Gasteiger partial charge in [0.05, 0.1) is 0 Å². The Balaban J connectivity index is 2.36. The highest BCUT2D eigenvalue weighted by molar-refractivity contribution is 5.83. The molecule has 0 bridgehead atoms. The summed E-state index contributed by atoms with van der Waals surface area (Å²) in [6, 6.07) is 0. The van der Waals surface area contributed by atoms with Crippen LogP contribution < -0.4 is 0 Å². The number of rotatable bonds is 2. The van der Waals surface area contributed by atoms with Crippen molar-refractivity contribution in [1.29, 1.82) is 0 Å². The Labute approximate surface area is 69.0 Å². The lowest BCUT2D eigenvalue weighted by Crippen LogP contribution is -2.06. The van der Waals surface area contributed by atoms with E-state index in [1.165, 1.54) is 4.68 Å². The van der Waals surface area contributed by atoms with Gasteiger partial charge < -0.3 is 5.11 Å². The molecule has 0 atom stereocenters. The average Bonchev–Trinajstić information content (AvgIpc) is 2.75. The van der Waals surface area contributed by atoms with Gasteiger partial charge in [-0.15, -0.1) is 0 Å². The zero-order valence-electron chi connectivity index (χ0n) is 6.69. The first-order valence-electron chi connectivity index (χ1n) is 3.82. The van der Waals surface area contributed by atoms with Gasteiger partial charge in [0.1, 0.15) is 0 Å². The van der Waals surface area contributed by atoms with Gasteiger partial charge in [0, 0.05) is 13.0 Å². The van der Waals surface area contributed by atoms with Crippen LogP contribution in [0.3, 0.4) is 0 Å². The Hall–Kier alpha value is -1.39. The number of hydrogen-bond donors (Lipinski definition) is 1. The van der Waals surface area contributed by atoms with Crippen molar-refractivity contribution in [2.45, 2.75) is 18.8 Å². The highest BCUT2D eigenvalue weighted by atomic mass is 16.4. The fourth-order valence-electron chi connectivity index (χ4n) is 1.10. The molecule has 1 aromatic heterocycles. The van der Waals surface area contributed by atoms with Crippen molar-refractivity contribution in [1.82, 2.24) is 14.8 Å². The summed E-state index contributed by atoms with van der Waals surface area (Å²) >= 11 is 0. The third kappa shape index (κ3) is 1.07. The van der Waals surface area contributed by atoms with Crippen LogP contribution in [0.1, 0.15) is 35.2 Å². The second kappa shape index (κ2) is 2.30. The first-order chi connectivity index (χ1) is 5.68. The Bertz CT molecular complexity index is 327. The van der Waals surface area contributed by atoms with Crippen molar-refractivity contribution >= 4 is 5.97 Å². The van der Waals surface area contributed by atoms with Gasteiger partial charge in [-0.2, -0.15) is 5.10 Å². The molecule has 1 heterocycles. The number of aromatic carboxylic acids is 1. The van der Waals surface area contributed by atoms with Crippen molar-refractivity contribution in [3.8, 4) is 0 Å². The van der Waals surface area contributed by atoms with Crippen LogP contribution >= 0.6 is 0 Å².